The second kappa shape index (κ2) is 2.28. The predicted molar refractivity (Wildman–Crippen MR) is 25.8 cm³/mol. The van der Waals surface area contributed by atoms with Crippen molar-refractivity contribution < 1.29 is 9.84 Å². The second-order valence-electron chi connectivity index (χ2n) is 1.94. The van der Waals surface area contributed by atoms with Crippen LogP contribution in [0.1, 0.15) is 12.8 Å². The van der Waals surface area contributed by atoms with E-state index in [0.717, 1.165) is 12.5 Å². The van der Waals surface area contributed by atoms with Crippen molar-refractivity contribution in [2.45, 2.75) is 12.8 Å². The molecule has 1 rings (SSSR count). The minimum absolute atomic E-state index is 0.115. The number of aliphatic hydroxyl groups is 1. The fraction of sp³-hybridized carbons (Fsp3) is 1.00. The standard InChI is InChI=1S/C5H10O2/c6-4-7-3-5-1-2-5/h5-6H,1-4H2. The summed E-state index contributed by atoms with van der Waals surface area (Å²) in [5, 5.41) is 8.12. The SMILES string of the molecule is OCOCC1CC1. The van der Waals surface area contributed by atoms with Crippen LogP contribution in [-0.4, -0.2) is 18.5 Å². The van der Waals surface area contributed by atoms with Crippen LogP contribution in [0.2, 0.25) is 0 Å². The maximum Gasteiger partial charge on any atom is 0.143 e. The molecule has 42 valence electrons. The van der Waals surface area contributed by atoms with Gasteiger partial charge in [-0.15, -0.1) is 0 Å². The van der Waals surface area contributed by atoms with Crippen molar-refractivity contribution in [2.24, 2.45) is 5.92 Å². The largest absolute Gasteiger partial charge is 0.371 e. The minimum atomic E-state index is -0.115. The van der Waals surface area contributed by atoms with Gasteiger partial charge in [0.2, 0.25) is 0 Å². The monoisotopic (exact) mass is 102 g/mol. The Labute approximate surface area is 43.1 Å². The van der Waals surface area contributed by atoms with Gasteiger partial charge in [-0.05, 0) is 18.8 Å². The number of hydrogen-bond donors (Lipinski definition) is 1. The molecule has 0 radical (unpaired) electrons. The Morgan fingerprint density at radius 1 is 1.57 bits per heavy atom. The van der Waals surface area contributed by atoms with E-state index in [1.165, 1.54) is 12.8 Å². The molecule has 1 saturated carbocycles. The van der Waals surface area contributed by atoms with Crippen molar-refractivity contribution in [2.75, 3.05) is 13.4 Å². The van der Waals surface area contributed by atoms with Gasteiger partial charge in [-0.1, -0.05) is 0 Å². The van der Waals surface area contributed by atoms with Gasteiger partial charge in [-0.3, -0.25) is 0 Å². The fourth-order valence-electron chi connectivity index (χ4n) is 0.504. The van der Waals surface area contributed by atoms with Crippen LogP contribution in [0.5, 0.6) is 0 Å². The number of ether oxygens (including phenoxy) is 1. The van der Waals surface area contributed by atoms with E-state index in [-0.39, 0.29) is 6.79 Å². The van der Waals surface area contributed by atoms with Crippen LogP contribution in [0.3, 0.4) is 0 Å². The molecule has 1 aliphatic carbocycles. The summed E-state index contributed by atoms with van der Waals surface area (Å²) in [6.45, 7) is 0.646. The summed E-state index contributed by atoms with van der Waals surface area (Å²) in [6, 6.07) is 0. The lowest BCUT2D eigenvalue weighted by molar-refractivity contribution is -0.00618. The number of rotatable bonds is 3. The summed E-state index contributed by atoms with van der Waals surface area (Å²) in [5.41, 5.74) is 0. The molecule has 0 spiro atoms. The molecule has 0 aromatic heterocycles. The first-order valence-electron chi connectivity index (χ1n) is 2.62. The zero-order chi connectivity index (χ0) is 5.11. The van der Waals surface area contributed by atoms with Crippen LogP contribution in [-0.2, 0) is 4.74 Å². The van der Waals surface area contributed by atoms with Gasteiger partial charge in [0.05, 0.1) is 6.61 Å². The summed E-state index contributed by atoms with van der Waals surface area (Å²) >= 11 is 0. The van der Waals surface area contributed by atoms with E-state index in [1.807, 2.05) is 0 Å². The van der Waals surface area contributed by atoms with Crippen LogP contribution < -0.4 is 0 Å². The Morgan fingerprint density at radius 2 is 2.29 bits per heavy atom. The second-order valence-corrected chi connectivity index (χ2v) is 1.94. The lowest BCUT2D eigenvalue weighted by atomic mass is 10.5. The molecule has 0 aromatic rings. The summed E-state index contributed by atoms with van der Waals surface area (Å²) in [6.07, 6.45) is 2.58. The average Bonchev–Trinajstić information content (AvgIpc) is 2.42. The first-order valence-corrected chi connectivity index (χ1v) is 2.62. The molecule has 0 amide bonds. The van der Waals surface area contributed by atoms with Gasteiger partial charge in [-0.25, -0.2) is 0 Å². The van der Waals surface area contributed by atoms with E-state index in [0.29, 0.717) is 0 Å². The molecule has 1 aliphatic rings. The minimum Gasteiger partial charge on any atom is -0.371 e. The van der Waals surface area contributed by atoms with Crippen LogP contribution in [0.25, 0.3) is 0 Å². The number of hydrogen-bond acceptors (Lipinski definition) is 2. The lowest BCUT2D eigenvalue weighted by Gasteiger charge is -1.92. The molecule has 0 atom stereocenters. The maximum atomic E-state index is 8.12. The molecule has 0 bridgehead atoms. The molecule has 1 N–H and O–H groups in total. The fourth-order valence-corrected chi connectivity index (χ4v) is 0.504. The van der Waals surface area contributed by atoms with Gasteiger partial charge >= 0.3 is 0 Å². The van der Waals surface area contributed by atoms with Crippen molar-refractivity contribution in [3.63, 3.8) is 0 Å². The Bertz CT molecular complexity index is 50.0. The molecule has 1 fully saturated rings. The first kappa shape index (κ1) is 5.06. The van der Waals surface area contributed by atoms with Crippen molar-refractivity contribution in [3.8, 4) is 0 Å². The number of aliphatic hydroxyl groups excluding tert-OH is 1. The molecule has 7 heavy (non-hydrogen) atoms. The molecular weight excluding hydrogens is 92.1 g/mol. The molecular formula is C5H10O2. The molecule has 0 unspecified atom stereocenters. The molecule has 2 nitrogen and oxygen atoms in total. The van der Waals surface area contributed by atoms with Gasteiger partial charge in [-0.2, -0.15) is 0 Å². The zero-order valence-corrected chi connectivity index (χ0v) is 4.26. The summed E-state index contributed by atoms with van der Waals surface area (Å²) < 4.78 is 4.71. The van der Waals surface area contributed by atoms with E-state index in [9.17, 15) is 0 Å². The third-order valence-electron chi connectivity index (χ3n) is 1.14. The first-order chi connectivity index (χ1) is 3.43. The maximum absolute atomic E-state index is 8.12. The van der Waals surface area contributed by atoms with Gasteiger partial charge in [0, 0.05) is 0 Å². The topological polar surface area (TPSA) is 29.5 Å². The lowest BCUT2D eigenvalue weighted by Crippen LogP contribution is -1.95. The van der Waals surface area contributed by atoms with E-state index in [1.54, 1.807) is 0 Å². The highest BCUT2D eigenvalue weighted by Gasteiger charge is 2.20. The van der Waals surface area contributed by atoms with E-state index < -0.39 is 0 Å². The zero-order valence-electron chi connectivity index (χ0n) is 4.26. The predicted octanol–water partition coefficient (Wildman–Crippen LogP) is 0.363. The molecule has 0 aromatic carbocycles. The third-order valence-corrected chi connectivity index (χ3v) is 1.14. The highest BCUT2D eigenvalue weighted by Crippen LogP contribution is 2.28. The third kappa shape index (κ3) is 1.90. The summed E-state index contributed by atoms with van der Waals surface area (Å²) in [5.74, 6) is 0.771. The highest BCUT2D eigenvalue weighted by atomic mass is 16.6. The average molecular weight is 102 g/mol. The molecule has 0 heterocycles. The highest BCUT2D eigenvalue weighted by molar-refractivity contribution is 4.71. The van der Waals surface area contributed by atoms with E-state index in [4.69, 9.17) is 9.84 Å². The van der Waals surface area contributed by atoms with Crippen molar-refractivity contribution in [1.29, 1.82) is 0 Å². The molecule has 0 saturated heterocycles. The van der Waals surface area contributed by atoms with Gasteiger partial charge in [0.1, 0.15) is 6.79 Å². The summed E-state index contributed by atoms with van der Waals surface area (Å²) in [7, 11) is 0. The van der Waals surface area contributed by atoms with Gasteiger partial charge in [0.25, 0.3) is 0 Å². The van der Waals surface area contributed by atoms with Gasteiger partial charge in [0.15, 0.2) is 0 Å². The smallest absolute Gasteiger partial charge is 0.143 e. The van der Waals surface area contributed by atoms with Crippen LogP contribution in [0.15, 0.2) is 0 Å². The van der Waals surface area contributed by atoms with E-state index >= 15 is 0 Å². The molecule has 2 heteroatoms. The Kier molecular flexibility index (Phi) is 1.65. The van der Waals surface area contributed by atoms with Crippen molar-refractivity contribution in [3.05, 3.63) is 0 Å². The Balaban J connectivity index is 1.80. The van der Waals surface area contributed by atoms with Crippen LogP contribution in [0, 0.1) is 5.92 Å². The summed E-state index contributed by atoms with van der Waals surface area (Å²) in [4.78, 5) is 0. The van der Waals surface area contributed by atoms with Crippen LogP contribution in [0.4, 0.5) is 0 Å². The van der Waals surface area contributed by atoms with E-state index in [2.05, 4.69) is 0 Å². The van der Waals surface area contributed by atoms with Crippen molar-refractivity contribution in [1.82, 2.24) is 0 Å². The quantitative estimate of drug-likeness (QED) is 0.521. The molecule has 0 aliphatic heterocycles. The Hall–Kier alpha value is -0.0800. The van der Waals surface area contributed by atoms with Crippen LogP contribution >= 0.6 is 0 Å². The van der Waals surface area contributed by atoms with Crippen molar-refractivity contribution >= 4 is 0 Å². The van der Waals surface area contributed by atoms with Gasteiger partial charge < -0.3 is 9.84 Å². The Morgan fingerprint density at radius 3 is 2.71 bits per heavy atom. The normalized spacial score (nSPS) is 20.1.